The lowest BCUT2D eigenvalue weighted by Gasteiger charge is -2.56. The molecule has 0 radical (unpaired) electrons. The van der Waals surface area contributed by atoms with E-state index in [4.69, 9.17) is 9.47 Å². The molecule has 2 aliphatic heterocycles. The van der Waals surface area contributed by atoms with Crippen LogP contribution < -0.4 is 15.0 Å². The zero-order chi connectivity index (χ0) is 16.8. The van der Waals surface area contributed by atoms with Crippen LogP contribution in [0.3, 0.4) is 0 Å². The number of anilines is 1. The number of methoxy groups -OCH3 is 1. The summed E-state index contributed by atoms with van der Waals surface area (Å²) in [6, 6.07) is 6.15. The van der Waals surface area contributed by atoms with E-state index in [-0.39, 0.29) is 18.3 Å². The Hall–Kier alpha value is -1.95. The van der Waals surface area contributed by atoms with Crippen molar-refractivity contribution in [1.82, 2.24) is 10.2 Å². The van der Waals surface area contributed by atoms with Crippen LogP contribution in [0.2, 0.25) is 0 Å². The SMILES string of the molecule is COc1cccc2c1CN1CC(NC(=O)OC(C)(C)C)C1N2C. The molecule has 2 aliphatic rings. The van der Waals surface area contributed by atoms with Gasteiger partial charge in [0.2, 0.25) is 0 Å². The molecule has 2 atom stereocenters. The van der Waals surface area contributed by atoms with Crippen LogP contribution in [0.4, 0.5) is 10.5 Å². The average molecular weight is 319 g/mol. The summed E-state index contributed by atoms with van der Waals surface area (Å²) in [6.45, 7) is 7.26. The van der Waals surface area contributed by atoms with Crippen molar-refractivity contribution in [3.8, 4) is 5.75 Å². The summed E-state index contributed by atoms with van der Waals surface area (Å²) in [6.07, 6.45) is -0.200. The minimum absolute atomic E-state index is 0.0641. The lowest BCUT2D eigenvalue weighted by Crippen LogP contribution is -2.73. The van der Waals surface area contributed by atoms with E-state index in [1.54, 1.807) is 7.11 Å². The van der Waals surface area contributed by atoms with Gasteiger partial charge in [0.25, 0.3) is 0 Å². The highest BCUT2D eigenvalue weighted by Crippen LogP contribution is 2.40. The van der Waals surface area contributed by atoms with Crippen molar-refractivity contribution in [3.05, 3.63) is 23.8 Å². The number of likely N-dealkylation sites (N-methyl/N-ethyl adjacent to an activating group) is 1. The topological polar surface area (TPSA) is 54.0 Å². The van der Waals surface area contributed by atoms with E-state index in [9.17, 15) is 4.79 Å². The van der Waals surface area contributed by atoms with E-state index in [1.807, 2.05) is 32.9 Å². The molecule has 0 bridgehead atoms. The molecular formula is C17H25N3O3. The standard InChI is InChI=1S/C17H25N3O3/c1-17(2,3)23-16(21)18-12-10-20-9-11-13(19(4)15(12)20)7-6-8-14(11)22-5/h6-8,12,15H,9-10H2,1-5H3,(H,18,21). The van der Waals surface area contributed by atoms with E-state index >= 15 is 0 Å². The lowest BCUT2D eigenvalue weighted by atomic mass is 9.95. The molecule has 2 unspecified atom stereocenters. The third-order valence-electron chi connectivity index (χ3n) is 4.33. The second-order valence-corrected chi connectivity index (χ2v) is 7.16. The van der Waals surface area contributed by atoms with E-state index in [0.717, 1.165) is 24.5 Å². The van der Waals surface area contributed by atoms with Crippen LogP contribution in [0.15, 0.2) is 18.2 Å². The zero-order valence-corrected chi connectivity index (χ0v) is 14.4. The Labute approximate surface area is 137 Å². The largest absolute Gasteiger partial charge is 0.496 e. The zero-order valence-electron chi connectivity index (χ0n) is 14.4. The number of ether oxygens (including phenoxy) is 2. The average Bonchev–Trinajstić information content (AvgIpc) is 2.42. The van der Waals surface area contributed by atoms with Crippen LogP contribution in [0.5, 0.6) is 5.75 Å². The maximum Gasteiger partial charge on any atom is 0.408 e. The predicted molar refractivity (Wildman–Crippen MR) is 88.8 cm³/mol. The molecule has 6 heteroatoms. The fourth-order valence-electron chi connectivity index (χ4n) is 3.40. The summed E-state index contributed by atoms with van der Waals surface area (Å²) < 4.78 is 10.8. The highest BCUT2D eigenvalue weighted by molar-refractivity contribution is 5.69. The lowest BCUT2D eigenvalue weighted by molar-refractivity contribution is 0.00878. The first-order valence-electron chi connectivity index (χ1n) is 7.92. The Morgan fingerprint density at radius 2 is 2.09 bits per heavy atom. The number of benzene rings is 1. The van der Waals surface area contributed by atoms with Crippen LogP contribution in [0.25, 0.3) is 0 Å². The summed E-state index contributed by atoms with van der Waals surface area (Å²) in [4.78, 5) is 16.5. The molecular weight excluding hydrogens is 294 g/mol. The van der Waals surface area contributed by atoms with Crippen molar-refractivity contribution in [1.29, 1.82) is 0 Å². The van der Waals surface area contributed by atoms with Gasteiger partial charge in [-0.05, 0) is 32.9 Å². The number of nitrogens with one attached hydrogen (secondary N) is 1. The van der Waals surface area contributed by atoms with Gasteiger partial charge < -0.3 is 19.7 Å². The quantitative estimate of drug-likeness (QED) is 0.905. The smallest absolute Gasteiger partial charge is 0.408 e. The molecule has 0 aromatic heterocycles. The highest BCUT2D eigenvalue weighted by Gasteiger charge is 2.46. The number of hydrogen-bond donors (Lipinski definition) is 1. The van der Waals surface area contributed by atoms with Crippen molar-refractivity contribution >= 4 is 11.8 Å². The molecule has 2 heterocycles. The minimum atomic E-state index is -0.480. The first-order valence-corrected chi connectivity index (χ1v) is 7.92. The van der Waals surface area contributed by atoms with Gasteiger partial charge in [0.05, 0.1) is 13.2 Å². The molecule has 1 saturated heterocycles. The minimum Gasteiger partial charge on any atom is -0.496 e. The number of hydrogen-bond acceptors (Lipinski definition) is 5. The molecule has 1 fully saturated rings. The second kappa shape index (κ2) is 5.60. The van der Waals surface area contributed by atoms with Gasteiger partial charge in [-0.1, -0.05) is 6.07 Å². The Morgan fingerprint density at radius 3 is 2.74 bits per heavy atom. The Balaban J connectivity index is 1.72. The van der Waals surface area contributed by atoms with Crippen molar-refractivity contribution < 1.29 is 14.3 Å². The van der Waals surface area contributed by atoms with Gasteiger partial charge in [-0.15, -0.1) is 0 Å². The number of nitrogens with zero attached hydrogens (tertiary/aromatic N) is 2. The Bertz CT molecular complexity index is 612. The third-order valence-corrected chi connectivity index (χ3v) is 4.33. The number of carbonyl (C=O) groups excluding carboxylic acids is 1. The molecule has 126 valence electrons. The van der Waals surface area contributed by atoms with E-state index in [2.05, 4.69) is 28.2 Å². The fraction of sp³-hybridized carbons (Fsp3) is 0.588. The third kappa shape index (κ3) is 2.95. The summed E-state index contributed by atoms with van der Waals surface area (Å²) in [5.41, 5.74) is 1.87. The molecule has 3 rings (SSSR count). The molecule has 0 aliphatic carbocycles. The number of alkyl carbamates (subject to hydrolysis) is 1. The number of carbonyl (C=O) groups is 1. The maximum absolute atomic E-state index is 12.0. The van der Waals surface area contributed by atoms with Gasteiger partial charge in [0, 0.05) is 31.4 Å². The van der Waals surface area contributed by atoms with Gasteiger partial charge in [-0.2, -0.15) is 0 Å². The van der Waals surface area contributed by atoms with Crippen molar-refractivity contribution in [3.63, 3.8) is 0 Å². The molecule has 0 spiro atoms. The second-order valence-electron chi connectivity index (χ2n) is 7.16. The van der Waals surface area contributed by atoms with Gasteiger partial charge in [0.1, 0.15) is 17.5 Å². The Kier molecular flexibility index (Phi) is 3.88. The van der Waals surface area contributed by atoms with Crippen molar-refractivity contribution in [2.45, 2.75) is 45.1 Å². The molecule has 1 amide bonds. The maximum atomic E-state index is 12.0. The molecule has 23 heavy (non-hydrogen) atoms. The molecule has 1 aromatic carbocycles. The van der Waals surface area contributed by atoms with Gasteiger partial charge >= 0.3 is 6.09 Å². The predicted octanol–water partition coefficient (Wildman–Crippen LogP) is 2.18. The van der Waals surface area contributed by atoms with Crippen molar-refractivity contribution in [2.75, 3.05) is 25.6 Å². The fourth-order valence-corrected chi connectivity index (χ4v) is 3.40. The number of amides is 1. The summed E-state index contributed by atoms with van der Waals surface area (Å²) in [5.74, 6) is 0.913. The summed E-state index contributed by atoms with van der Waals surface area (Å²) in [7, 11) is 3.75. The normalized spacial score (nSPS) is 23.4. The Morgan fingerprint density at radius 1 is 1.35 bits per heavy atom. The van der Waals surface area contributed by atoms with Gasteiger partial charge in [-0.3, -0.25) is 4.90 Å². The van der Waals surface area contributed by atoms with Crippen LogP contribution in [0.1, 0.15) is 26.3 Å². The van der Waals surface area contributed by atoms with E-state index < -0.39 is 5.60 Å². The van der Waals surface area contributed by atoms with Crippen LogP contribution >= 0.6 is 0 Å². The number of fused-ring (bicyclic) bond motifs is 2. The first-order chi connectivity index (χ1) is 10.8. The van der Waals surface area contributed by atoms with E-state index in [1.165, 1.54) is 5.56 Å². The molecule has 0 saturated carbocycles. The number of rotatable bonds is 2. The molecule has 6 nitrogen and oxygen atoms in total. The van der Waals surface area contributed by atoms with Crippen molar-refractivity contribution in [2.24, 2.45) is 0 Å². The first kappa shape index (κ1) is 15.9. The van der Waals surface area contributed by atoms with Gasteiger partial charge in [0.15, 0.2) is 0 Å². The molecule has 1 aromatic rings. The van der Waals surface area contributed by atoms with Crippen LogP contribution in [-0.4, -0.2) is 49.5 Å². The summed E-state index contributed by atoms with van der Waals surface area (Å²) >= 11 is 0. The molecule has 1 N–H and O–H groups in total. The van der Waals surface area contributed by atoms with Crippen LogP contribution in [0, 0.1) is 0 Å². The van der Waals surface area contributed by atoms with E-state index in [0.29, 0.717) is 0 Å². The monoisotopic (exact) mass is 319 g/mol. The van der Waals surface area contributed by atoms with Crippen LogP contribution in [-0.2, 0) is 11.3 Å². The van der Waals surface area contributed by atoms with Gasteiger partial charge in [-0.25, -0.2) is 4.79 Å². The summed E-state index contributed by atoms with van der Waals surface area (Å²) in [5, 5.41) is 2.99. The highest BCUT2D eigenvalue weighted by atomic mass is 16.6.